The van der Waals surface area contributed by atoms with Crippen LogP contribution in [0.4, 0.5) is 11.4 Å². The molecule has 2 aromatic carbocycles. The highest BCUT2D eigenvalue weighted by Gasteiger charge is 2.25. The zero-order chi connectivity index (χ0) is 20.8. The van der Waals surface area contributed by atoms with Crippen molar-refractivity contribution < 1.29 is 28.7 Å². The molecule has 0 saturated carbocycles. The van der Waals surface area contributed by atoms with Gasteiger partial charge in [0.25, 0.3) is 11.8 Å². The summed E-state index contributed by atoms with van der Waals surface area (Å²) < 4.78 is 10.3. The summed E-state index contributed by atoms with van der Waals surface area (Å²) in [6.45, 7) is 1.06. The Balaban J connectivity index is 1.46. The SMILES string of the molecule is CC(=O)c1ccc(NC(=O)COC(=O)CCN2C(=O)COc3ccccc32)cc1. The number of fused-ring (bicyclic) bond motifs is 1. The number of esters is 1. The molecule has 0 atom stereocenters. The molecular weight excluding hydrogens is 376 g/mol. The van der Waals surface area contributed by atoms with E-state index in [1.54, 1.807) is 48.5 Å². The highest BCUT2D eigenvalue weighted by Crippen LogP contribution is 2.31. The second-order valence-corrected chi connectivity index (χ2v) is 6.39. The minimum atomic E-state index is -0.594. The van der Waals surface area contributed by atoms with Crippen LogP contribution in [0, 0.1) is 0 Å². The van der Waals surface area contributed by atoms with Gasteiger partial charge in [-0.15, -0.1) is 0 Å². The number of para-hydroxylation sites is 2. The number of amides is 2. The van der Waals surface area contributed by atoms with Crippen LogP contribution in [0.25, 0.3) is 0 Å². The smallest absolute Gasteiger partial charge is 0.308 e. The minimum absolute atomic E-state index is 0.0549. The molecule has 1 aliphatic rings. The first-order valence-corrected chi connectivity index (χ1v) is 9.02. The van der Waals surface area contributed by atoms with Crippen molar-refractivity contribution in [3.05, 3.63) is 54.1 Å². The quantitative estimate of drug-likeness (QED) is 0.569. The lowest BCUT2D eigenvalue weighted by Crippen LogP contribution is -2.40. The molecule has 150 valence electrons. The van der Waals surface area contributed by atoms with Gasteiger partial charge in [0, 0.05) is 17.8 Å². The summed E-state index contributed by atoms with van der Waals surface area (Å²) in [5.41, 5.74) is 1.63. The van der Waals surface area contributed by atoms with Crippen LogP contribution in [0.5, 0.6) is 5.75 Å². The topological polar surface area (TPSA) is 102 Å². The monoisotopic (exact) mass is 396 g/mol. The van der Waals surface area contributed by atoms with Gasteiger partial charge < -0.3 is 19.7 Å². The van der Waals surface area contributed by atoms with Gasteiger partial charge in [-0.3, -0.25) is 19.2 Å². The first-order valence-electron chi connectivity index (χ1n) is 9.02. The third-order valence-corrected chi connectivity index (χ3v) is 4.29. The van der Waals surface area contributed by atoms with E-state index in [2.05, 4.69) is 5.32 Å². The molecule has 0 aliphatic carbocycles. The van der Waals surface area contributed by atoms with E-state index in [9.17, 15) is 19.2 Å². The van der Waals surface area contributed by atoms with E-state index in [0.717, 1.165) is 0 Å². The van der Waals surface area contributed by atoms with Crippen LogP contribution in [0.1, 0.15) is 23.7 Å². The summed E-state index contributed by atoms with van der Waals surface area (Å²) in [6.07, 6.45) is -0.0549. The number of hydrogen-bond donors (Lipinski definition) is 1. The van der Waals surface area contributed by atoms with Crippen LogP contribution < -0.4 is 15.0 Å². The number of ether oxygens (including phenoxy) is 2. The van der Waals surface area contributed by atoms with Crippen molar-refractivity contribution in [3.8, 4) is 5.75 Å². The first-order chi connectivity index (χ1) is 13.9. The Hall–Kier alpha value is -3.68. The normalized spacial score (nSPS) is 12.6. The Morgan fingerprint density at radius 3 is 2.55 bits per heavy atom. The number of hydrogen-bond acceptors (Lipinski definition) is 6. The summed E-state index contributed by atoms with van der Waals surface area (Å²) in [7, 11) is 0. The van der Waals surface area contributed by atoms with E-state index < -0.39 is 18.5 Å². The van der Waals surface area contributed by atoms with Gasteiger partial charge in [0.2, 0.25) is 0 Å². The summed E-state index contributed by atoms with van der Waals surface area (Å²) >= 11 is 0. The summed E-state index contributed by atoms with van der Waals surface area (Å²) in [5, 5.41) is 2.58. The summed E-state index contributed by atoms with van der Waals surface area (Å²) in [4.78, 5) is 48.7. The van der Waals surface area contributed by atoms with Crippen molar-refractivity contribution in [2.75, 3.05) is 30.0 Å². The Morgan fingerprint density at radius 1 is 1.10 bits per heavy atom. The lowest BCUT2D eigenvalue weighted by atomic mass is 10.1. The maximum atomic E-state index is 12.1. The largest absolute Gasteiger partial charge is 0.482 e. The number of nitrogens with zero attached hydrogens (tertiary/aromatic N) is 1. The Bertz CT molecular complexity index is 938. The van der Waals surface area contributed by atoms with Crippen molar-refractivity contribution in [1.29, 1.82) is 0 Å². The molecule has 8 heteroatoms. The van der Waals surface area contributed by atoms with Gasteiger partial charge in [-0.1, -0.05) is 12.1 Å². The van der Waals surface area contributed by atoms with E-state index >= 15 is 0 Å². The molecule has 1 heterocycles. The van der Waals surface area contributed by atoms with Crippen LogP contribution in [0.2, 0.25) is 0 Å². The number of benzene rings is 2. The fourth-order valence-electron chi connectivity index (χ4n) is 2.81. The number of rotatable bonds is 7. The molecule has 0 bridgehead atoms. The molecule has 0 saturated heterocycles. The second kappa shape index (κ2) is 9.01. The molecule has 29 heavy (non-hydrogen) atoms. The lowest BCUT2D eigenvalue weighted by Gasteiger charge is -2.28. The first kappa shape index (κ1) is 20.1. The third kappa shape index (κ3) is 5.19. The maximum absolute atomic E-state index is 12.1. The fourth-order valence-corrected chi connectivity index (χ4v) is 2.81. The predicted molar refractivity (Wildman–Crippen MR) is 105 cm³/mol. The zero-order valence-corrected chi connectivity index (χ0v) is 15.8. The van der Waals surface area contributed by atoms with Gasteiger partial charge in [-0.2, -0.15) is 0 Å². The number of carbonyl (C=O) groups excluding carboxylic acids is 4. The van der Waals surface area contributed by atoms with Gasteiger partial charge >= 0.3 is 5.97 Å². The van der Waals surface area contributed by atoms with E-state index in [1.165, 1.54) is 11.8 Å². The van der Waals surface area contributed by atoms with Crippen LogP contribution in [0.3, 0.4) is 0 Å². The molecule has 2 aromatic rings. The molecule has 0 aromatic heterocycles. The van der Waals surface area contributed by atoms with Crippen molar-refractivity contribution >= 4 is 34.9 Å². The molecule has 2 amide bonds. The molecule has 0 fully saturated rings. The van der Waals surface area contributed by atoms with Gasteiger partial charge in [-0.05, 0) is 43.3 Å². The van der Waals surface area contributed by atoms with Gasteiger partial charge in [0.15, 0.2) is 19.0 Å². The van der Waals surface area contributed by atoms with Crippen molar-refractivity contribution in [2.45, 2.75) is 13.3 Å². The van der Waals surface area contributed by atoms with Gasteiger partial charge in [0.05, 0.1) is 12.1 Å². The van der Waals surface area contributed by atoms with Crippen LogP contribution in [-0.4, -0.2) is 43.3 Å². The number of carbonyl (C=O) groups is 4. The molecule has 8 nitrogen and oxygen atoms in total. The highest BCUT2D eigenvalue weighted by molar-refractivity contribution is 5.98. The van der Waals surface area contributed by atoms with Gasteiger partial charge in [0.1, 0.15) is 5.75 Å². The van der Waals surface area contributed by atoms with E-state index in [-0.39, 0.29) is 31.3 Å². The van der Waals surface area contributed by atoms with E-state index in [0.29, 0.717) is 22.7 Å². The second-order valence-electron chi connectivity index (χ2n) is 6.39. The van der Waals surface area contributed by atoms with E-state index in [1.807, 2.05) is 0 Å². The van der Waals surface area contributed by atoms with Crippen LogP contribution in [-0.2, 0) is 19.1 Å². The molecule has 0 spiro atoms. The molecule has 1 N–H and O–H groups in total. The molecular formula is C21H20N2O6. The molecule has 0 radical (unpaired) electrons. The van der Waals surface area contributed by atoms with Gasteiger partial charge in [-0.25, -0.2) is 0 Å². The maximum Gasteiger partial charge on any atom is 0.308 e. The average molecular weight is 396 g/mol. The number of Topliss-reactive ketones (excluding diaryl/α,β-unsaturated/α-hetero) is 1. The predicted octanol–water partition coefficient (Wildman–Crippen LogP) is 2.19. The van der Waals surface area contributed by atoms with Crippen molar-refractivity contribution in [1.82, 2.24) is 0 Å². The van der Waals surface area contributed by atoms with Crippen molar-refractivity contribution in [3.63, 3.8) is 0 Å². The average Bonchev–Trinajstić information content (AvgIpc) is 2.72. The zero-order valence-electron chi connectivity index (χ0n) is 15.8. The molecule has 1 aliphatic heterocycles. The number of anilines is 2. The van der Waals surface area contributed by atoms with Crippen LogP contribution >= 0.6 is 0 Å². The Labute approximate surface area is 167 Å². The fraction of sp³-hybridized carbons (Fsp3) is 0.238. The lowest BCUT2D eigenvalue weighted by molar-refractivity contribution is -0.147. The van der Waals surface area contributed by atoms with E-state index in [4.69, 9.17) is 9.47 Å². The standard InChI is InChI=1S/C21H20N2O6/c1-14(24)15-6-8-16(9-7-15)22-19(25)12-29-21(27)10-11-23-17-4-2-3-5-18(17)28-13-20(23)26/h2-9H,10-13H2,1H3,(H,22,25). The summed E-state index contributed by atoms with van der Waals surface area (Å²) in [6, 6.07) is 13.5. The van der Waals surface area contributed by atoms with Crippen molar-refractivity contribution in [2.24, 2.45) is 0 Å². The Kier molecular flexibility index (Phi) is 6.23. The molecule has 0 unspecified atom stereocenters. The highest BCUT2D eigenvalue weighted by atomic mass is 16.5. The van der Waals surface area contributed by atoms with Crippen LogP contribution in [0.15, 0.2) is 48.5 Å². The Morgan fingerprint density at radius 2 is 1.83 bits per heavy atom. The third-order valence-electron chi connectivity index (χ3n) is 4.29. The minimum Gasteiger partial charge on any atom is -0.482 e. The molecule has 3 rings (SSSR count). The number of nitrogens with one attached hydrogen (secondary N) is 1. The summed E-state index contributed by atoms with van der Waals surface area (Å²) in [5.74, 6) is -0.831. The number of ketones is 1.